The molecule has 38 heavy (non-hydrogen) atoms. The second kappa shape index (κ2) is 12.3. The third kappa shape index (κ3) is 5.99. The molecule has 1 saturated heterocycles. The number of carbonyl (C=O) groups is 1. The van der Waals surface area contributed by atoms with Crippen LogP contribution in [-0.2, 0) is 17.8 Å². The predicted molar refractivity (Wildman–Crippen MR) is 150 cm³/mol. The highest BCUT2D eigenvalue weighted by atomic mass is 19.1. The van der Waals surface area contributed by atoms with Gasteiger partial charge in [-0.05, 0) is 107 Å². The molecule has 3 unspecified atom stereocenters. The van der Waals surface area contributed by atoms with Gasteiger partial charge in [0.05, 0.1) is 5.69 Å². The Morgan fingerprint density at radius 3 is 2.50 bits per heavy atom. The first-order valence-electron chi connectivity index (χ1n) is 14.6. The molecule has 0 radical (unpaired) electrons. The van der Waals surface area contributed by atoms with Crippen molar-refractivity contribution < 1.29 is 14.3 Å². The van der Waals surface area contributed by atoms with Crippen molar-refractivity contribution in [2.45, 2.75) is 97.2 Å². The molecule has 4 rings (SSSR count). The van der Waals surface area contributed by atoms with Crippen LogP contribution in [0.2, 0.25) is 0 Å². The molecule has 6 nitrogen and oxygen atoms in total. The third-order valence-electron chi connectivity index (χ3n) is 9.28. The molecule has 1 aromatic heterocycles. The number of aryl methyl sites for hydroxylation is 2. The van der Waals surface area contributed by atoms with Gasteiger partial charge < -0.3 is 10.0 Å². The molecule has 1 saturated carbocycles. The topological polar surface area (TPSA) is 61.6 Å². The van der Waals surface area contributed by atoms with Gasteiger partial charge in [-0.1, -0.05) is 32.9 Å². The number of hydrogen-bond acceptors (Lipinski definition) is 4. The molecule has 1 aromatic carbocycles. The van der Waals surface area contributed by atoms with Crippen LogP contribution >= 0.6 is 0 Å². The van der Waals surface area contributed by atoms with Crippen molar-refractivity contribution in [3.05, 3.63) is 52.6 Å². The van der Waals surface area contributed by atoms with Gasteiger partial charge in [0.1, 0.15) is 11.9 Å². The third-order valence-corrected chi connectivity index (χ3v) is 9.28. The Labute approximate surface area is 228 Å². The summed E-state index contributed by atoms with van der Waals surface area (Å²) in [7, 11) is 1.96. The summed E-state index contributed by atoms with van der Waals surface area (Å²) in [5, 5.41) is 14.8. The Balaban J connectivity index is 1.48. The average molecular weight is 527 g/mol. The van der Waals surface area contributed by atoms with E-state index < -0.39 is 12.0 Å². The van der Waals surface area contributed by atoms with Gasteiger partial charge in [-0.3, -0.25) is 14.4 Å². The molecule has 4 atom stereocenters. The summed E-state index contributed by atoms with van der Waals surface area (Å²) in [6, 6.07) is 6.71. The Morgan fingerprint density at radius 1 is 1.21 bits per heavy atom. The zero-order chi connectivity index (χ0) is 27.6. The van der Waals surface area contributed by atoms with E-state index in [2.05, 4.69) is 35.3 Å². The van der Waals surface area contributed by atoms with Gasteiger partial charge in [0.15, 0.2) is 0 Å². The molecule has 2 heterocycles. The van der Waals surface area contributed by atoms with E-state index in [9.17, 15) is 14.3 Å². The highest BCUT2D eigenvalue weighted by Gasteiger charge is 2.42. The van der Waals surface area contributed by atoms with Crippen LogP contribution in [0.1, 0.15) is 87.7 Å². The van der Waals surface area contributed by atoms with Gasteiger partial charge in [0.25, 0.3) is 0 Å². The second-order valence-electron chi connectivity index (χ2n) is 11.9. The van der Waals surface area contributed by atoms with Gasteiger partial charge in [-0.2, -0.15) is 5.10 Å². The number of piperidine rings is 1. The molecule has 2 aliphatic rings. The summed E-state index contributed by atoms with van der Waals surface area (Å²) in [4.78, 5) is 16.7. The van der Waals surface area contributed by atoms with Gasteiger partial charge in [-0.25, -0.2) is 4.39 Å². The number of carboxylic acids is 1. The smallest absolute Gasteiger partial charge is 0.321 e. The lowest BCUT2D eigenvalue weighted by molar-refractivity contribution is -0.145. The van der Waals surface area contributed by atoms with Gasteiger partial charge >= 0.3 is 5.97 Å². The highest BCUT2D eigenvalue weighted by Crippen LogP contribution is 2.44. The van der Waals surface area contributed by atoms with Crippen molar-refractivity contribution in [3.8, 4) is 0 Å². The fourth-order valence-electron chi connectivity index (χ4n) is 7.36. The molecule has 2 fully saturated rings. The van der Waals surface area contributed by atoms with Crippen LogP contribution in [-0.4, -0.2) is 69.4 Å². The number of benzene rings is 1. The number of rotatable bonds is 10. The second-order valence-corrected chi connectivity index (χ2v) is 11.9. The zero-order valence-corrected chi connectivity index (χ0v) is 24.2. The molecular formula is C31H47FN4O2. The molecule has 7 heteroatoms. The summed E-state index contributed by atoms with van der Waals surface area (Å²) < 4.78 is 16.4. The van der Waals surface area contributed by atoms with Crippen molar-refractivity contribution >= 4 is 5.97 Å². The number of halogens is 1. The van der Waals surface area contributed by atoms with E-state index >= 15 is 0 Å². The van der Waals surface area contributed by atoms with Gasteiger partial charge in [0.2, 0.25) is 0 Å². The first-order chi connectivity index (χ1) is 18.1. The van der Waals surface area contributed by atoms with Crippen LogP contribution in [0.4, 0.5) is 4.39 Å². The fourth-order valence-corrected chi connectivity index (χ4v) is 7.36. The van der Waals surface area contributed by atoms with E-state index in [0.717, 1.165) is 63.8 Å². The van der Waals surface area contributed by atoms with E-state index in [0.29, 0.717) is 11.8 Å². The van der Waals surface area contributed by atoms with E-state index in [1.807, 2.05) is 33.0 Å². The Kier molecular flexibility index (Phi) is 9.30. The quantitative estimate of drug-likeness (QED) is 0.431. The molecule has 210 valence electrons. The first-order valence-corrected chi connectivity index (χ1v) is 14.6. The summed E-state index contributed by atoms with van der Waals surface area (Å²) in [6.45, 7) is 14.5. The number of aromatic nitrogens is 2. The minimum atomic E-state index is -0.761. The number of likely N-dealkylation sites (N-methyl/N-ethyl adjacent to an activating group) is 1. The fraction of sp³-hybridized carbons (Fsp3) is 0.677. The molecular weight excluding hydrogens is 479 g/mol. The van der Waals surface area contributed by atoms with Crippen LogP contribution in [0, 0.1) is 24.6 Å². The van der Waals surface area contributed by atoms with Crippen LogP contribution < -0.4 is 0 Å². The average Bonchev–Trinajstić information content (AvgIpc) is 3.44. The van der Waals surface area contributed by atoms with E-state index in [4.69, 9.17) is 5.10 Å². The maximum absolute atomic E-state index is 14.2. The molecule has 0 amide bonds. The lowest BCUT2D eigenvalue weighted by Gasteiger charge is -2.35. The molecule has 1 aliphatic carbocycles. The maximum Gasteiger partial charge on any atom is 0.321 e. The van der Waals surface area contributed by atoms with Crippen molar-refractivity contribution in [2.24, 2.45) is 11.8 Å². The van der Waals surface area contributed by atoms with Crippen molar-refractivity contribution in [1.29, 1.82) is 0 Å². The number of hydrogen-bond donors (Lipinski definition) is 1. The zero-order valence-electron chi connectivity index (χ0n) is 24.2. The van der Waals surface area contributed by atoms with Crippen LogP contribution in [0.3, 0.4) is 0 Å². The normalized spacial score (nSPS) is 24.0. The number of likely N-dealkylation sites (tertiary alicyclic amines) is 1. The summed E-state index contributed by atoms with van der Waals surface area (Å²) in [5.41, 5.74) is 5.08. The Morgan fingerprint density at radius 2 is 1.92 bits per heavy atom. The maximum atomic E-state index is 14.2. The Bertz CT molecular complexity index is 1090. The molecule has 0 spiro atoms. The monoisotopic (exact) mass is 526 g/mol. The van der Waals surface area contributed by atoms with Crippen molar-refractivity contribution in [2.75, 3.05) is 26.7 Å². The van der Waals surface area contributed by atoms with E-state index in [1.54, 1.807) is 6.07 Å². The number of aliphatic carboxylic acids is 1. The van der Waals surface area contributed by atoms with Crippen LogP contribution in [0.5, 0.6) is 0 Å². The largest absolute Gasteiger partial charge is 0.480 e. The molecule has 1 aliphatic heterocycles. The molecule has 0 bridgehead atoms. The lowest BCUT2D eigenvalue weighted by atomic mass is 9.86. The van der Waals surface area contributed by atoms with Crippen LogP contribution in [0.25, 0.3) is 0 Å². The first kappa shape index (κ1) is 28.8. The minimum Gasteiger partial charge on any atom is -0.480 e. The predicted octanol–water partition coefficient (Wildman–Crippen LogP) is 5.70. The van der Waals surface area contributed by atoms with Crippen molar-refractivity contribution in [3.63, 3.8) is 0 Å². The van der Waals surface area contributed by atoms with Crippen LogP contribution in [0.15, 0.2) is 24.3 Å². The van der Waals surface area contributed by atoms with E-state index in [-0.39, 0.29) is 23.7 Å². The molecule has 1 N–H and O–H groups in total. The summed E-state index contributed by atoms with van der Waals surface area (Å²) in [5.74, 6) is 0.214. The number of carboxylic acid groups (broad SMARTS) is 1. The number of nitrogens with zero attached hydrogens (tertiary/aromatic N) is 4. The van der Waals surface area contributed by atoms with Crippen molar-refractivity contribution in [1.82, 2.24) is 19.6 Å². The van der Waals surface area contributed by atoms with Gasteiger partial charge in [-0.15, -0.1) is 0 Å². The molecule has 2 aromatic rings. The summed E-state index contributed by atoms with van der Waals surface area (Å²) >= 11 is 0. The summed E-state index contributed by atoms with van der Waals surface area (Å²) in [6.07, 6.45) is 5.04. The van der Waals surface area contributed by atoms with Gasteiger partial charge in [0, 0.05) is 30.7 Å². The Hall–Kier alpha value is -2.25. The lowest BCUT2D eigenvalue weighted by Crippen LogP contribution is -2.47. The van der Waals surface area contributed by atoms with E-state index in [1.165, 1.54) is 23.0 Å². The standard InChI is InChI=1S/C31H47FN4O2/c1-7-28-21(5)30(36(8-2)33-28)22-12-14-35(15-13-22)19-24-17-26(34(6)29(20(3)4)31(37)38)18-27(24)23-10-9-11-25(32)16-23/h9-11,16,20,22,24,26-27,29H,7-8,12-15,17-19H2,1-6H3,(H,37,38)/t24?,26?,27?,29-/m1/s1. The SMILES string of the molecule is CCc1nn(CC)c(C2CCN(CC3CC(N(C)[C@@H](C(=O)O)C(C)C)CC3c3cccc(F)c3)CC2)c1C. The highest BCUT2D eigenvalue weighted by molar-refractivity contribution is 5.73. The minimum absolute atomic E-state index is 0.0245.